The van der Waals surface area contributed by atoms with Crippen LogP contribution in [0.4, 0.5) is 5.69 Å². The highest BCUT2D eigenvalue weighted by Gasteiger charge is 2.17. The summed E-state index contributed by atoms with van der Waals surface area (Å²) in [6.45, 7) is 5.16. The van der Waals surface area contributed by atoms with E-state index < -0.39 is 10.0 Å². The largest absolute Gasteiger partial charge is 0.382 e. The van der Waals surface area contributed by atoms with E-state index in [2.05, 4.69) is 21.9 Å². The van der Waals surface area contributed by atoms with Crippen LogP contribution in [0.15, 0.2) is 29.2 Å². The van der Waals surface area contributed by atoms with Gasteiger partial charge in [-0.15, -0.1) is 0 Å². The van der Waals surface area contributed by atoms with Crippen molar-refractivity contribution in [2.75, 3.05) is 32.5 Å². The predicted octanol–water partition coefficient (Wildman–Crippen LogP) is 1.74. The Labute approximate surface area is 122 Å². The lowest BCUT2D eigenvalue weighted by Gasteiger charge is -2.21. The zero-order valence-corrected chi connectivity index (χ0v) is 13.5. The van der Waals surface area contributed by atoms with Crippen LogP contribution in [0.5, 0.6) is 0 Å². The van der Waals surface area contributed by atoms with Crippen LogP contribution in [0.2, 0.25) is 0 Å². The highest BCUT2D eigenvalue weighted by molar-refractivity contribution is 7.89. The van der Waals surface area contributed by atoms with Crippen LogP contribution in [0.3, 0.4) is 0 Å². The van der Waals surface area contributed by atoms with Crippen LogP contribution in [0.25, 0.3) is 0 Å². The molecule has 1 aromatic rings. The molecule has 1 rings (SSSR count). The summed E-state index contributed by atoms with van der Waals surface area (Å²) in [6, 6.07) is 7.31. The second-order valence-electron chi connectivity index (χ2n) is 5.09. The molecule has 0 spiro atoms. The van der Waals surface area contributed by atoms with Gasteiger partial charge in [-0.3, -0.25) is 0 Å². The standard InChI is InChI=1S/C14H25N3O2S/c1-5-10-16-20(18,19)14-9-7-6-8-13(14)15-11-12(2)17(3)4/h6-9,12,15-16H,5,10-11H2,1-4H3. The zero-order chi connectivity index (χ0) is 15.2. The van der Waals surface area contributed by atoms with Crippen LogP contribution >= 0.6 is 0 Å². The zero-order valence-electron chi connectivity index (χ0n) is 12.7. The second kappa shape index (κ2) is 7.61. The van der Waals surface area contributed by atoms with Crippen molar-refractivity contribution < 1.29 is 8.42 Å². The molecule has 0 aromatic heterocycles. The van der Waals surface area contributed by atoms with Gasteiger partial charge in [-0.1, -0.05) is 19.1 Å². The van der Waals surface area contributed by atoms with Gasteiger partial charge in [-0.05, 0) is 39.6 Å². The fraction of sp³-hybridized carbons (Fsp3) is 0.571. The quantitative estimate of drug-likeness (QED) is 0.767. The third-order valence-electron chi connectivity index (χ3n) is 3.19. The fourth-order valence-corrected chi connectivity index (χ4v) is 2.92. The Bertz CT molecular complexity index is 515. The van der Waals surface area contributed by atoms with Gasteiger partial charge in [0.15, 0.2) is 0 Å². The van der Waals surface area contributed by atoms with Gasteiger partial charge in [-0.25, -0.2) is 13.1 Å². The van der Waals surface area contributed by atoms with E-state index in [0.29, 0.717) is 29.7 Å². The number of nitrogens with zero attached hydrogens (tertiary/aromatic N) is 1. The van der Waals surface area contributed by atoms with E-state index in [1.54, 1.807) is 18.2 Å². The molecule has 0 aliphatic rings. The molecule has 2 N–H and O–H groups in total. The monoisotopic (exact) mass is 299 g/mol. The Kier molecular flexibility index (Phi) is 6.45. The molecule has 0 heterocycles. The van der Waals surface area contributed by atoms with Crippen LogP contribution in [-0.2, 0) is 10.0 Å². The lowest BCUT2D eigenvalue weighted by Crippen LogP contribution is -2.32. The molecule has 0 aliphatic carbocycles. The minimum Gasteiger partial charge on any atom is -0.382 e. The number of rotatable bonds is 8. The van der Waals surface area contributed by atoms with E-state index in [-0.39, 0.29) is 0 Å². The number of anilines is 1. The maximum Gasteiger partial charge on any atom is 0.242 e. The first-order chi connectivity index (χ1) is 9.38. The average molecular weight is 299 g/mol. The van der Waals surface area contributed by atoms with E-state index in [4.69, 9.17) is 0 Å². The number of likely N-dealkylation sites (N-methyl/N-ethyl adjacent to an activating group) is 1. The van der Waals surface area contributed by atoms with Crippen LogP contribution in [0, 0.1) is 0 Å². The van der Waals surface area contributed by atoms with E-state index in [9.17, 15) is 8.42 Å². The highest BCUT2D eigenvalue weighted by Crippen LogP contribution is 2.20. The van der Waals surface area contributed by atoms with E-state index in [1.165, 1.54) is 0 Å². The van der Waals surface area contributed by atoms with Crippen molar-refractivity contribution in [3.8, 4) is 0 Å². The van der Waals surface area contributed by atoms with Gasteiger partial charge in [0, 0.05) is 19.1 Å². The van der Waals surface area contributed by atoms with E-state index in [1.807, 2.05) is 27.1 Å². The van der Waals surface area contributed by atoms with Gasteiger partial charge >= 0.3 is 0 Å². The summed E-state index contributed by atoms with van der Waals surface area (Å²) >= 11 is 0. The molecule has 0 aliphatic heterocycles. The summed E-state index contributed by atoms with van der Waals surface area (Å²) in [5.41, 5.74) is 0.643. The van der Waals surface area contributed by atoms with Gasteiger partial charge in [0.25, 0.3) is 0 Å². The fourth-order valence-electron chi connectivity index (χ4n) is 1.60. The molecular formula is C14H25N3O2S. The maximum absolute atomic E-state index is 12.2. The molecule has 0 amide bonds. The van der Waals surface area contributed by atoms with Crippen molar-refractivity contribution in [1.29, 1.82) is 0 Å². The average Bonchev–Trinajstić information content (AvgIpc) is 2.42. The highest BCUT2D eigenvalue weighted by atomic mass is 32.2. The van der Waals surface area contributed by atoms with Gasteiger partial charge < -0.3 is 10.2 Å². The number of hydrogen-bond donors (Lipinski definition) is 2. The molecule has 0 radical (unpaired) electrons. The lowest BCUT2D eigenvalue weighted by atomic mass is 10.2. The number of hydrogen-bond acceptors (Lipinski definition) is 4. The maximum atomic E-state index is 12.2. The number of benzene rings is 1. The van der Waals surface area contributed by atoms with Crippen LogP contribution < -0.4 is 10.0 Å². The molecule has 0 saturated carbocycles. The van der Waals surface area contributed by atoms with Gasteiger partial charge in [-0.2, -0.15) is 0 Å². The van der Waals surface area contributed by atoms with Gasteiger partial charge in [0.2, 0.25) is 10.0 Å². The first kappa shape index (κ1) is 16.9. The molecule has 6 heteroatoms. The molecule has 0 bridgehead atoms. The molecule has 114 valence electrons. The van der Waals surface area contributed by atoms with Crippen molar-refractivity contribution in [3.05, 3.63) is 24.3 Å². The van der Waals surface area contributed by atoms with Crippen molar-refractivity contribution in [1.82, 2.24) is 9.62 Å². The predicted molar refractivity (Wildman–Crippen MR) is 83.6 cm³/mol. The minimum atomic E-state index is -3.45. The molecular weight excluding hydrogens is 274 g/mol. The molecule has 20 heavy (non-hydrogen) atoms. The molecule has 1 unspecified atom stereocenters. The summed E-state index contributed by atoms with van der Waals surface area (Å²) in [7, 11) is 0.548. The molecule has 1 aromatic carbocycles. The normalized spacial score (nSPS) is 13.4. The Morgan fingerprint density at radius 2 is 1.90 bits per heavy atom. The lowest BCUT2D eigenvalue weighted by molar-refractivity contribution is 0.326. The van der Waals surface area contributed by atoms with E-state index in [0.717, 1.165) is 6.42 Å². The molecule has 0 fully saturated rings. The van der Waals surface area contributed by atoms with Crippen molar-refractivity contribution in [2.45, 2.75) is 31.2 Å². The summed E-state index contributed by atoms with van der Waals surface area (Å²) in [5.74, 6) is 0. The SMILES string of the molecule is CCCNS(=O)(=O)c1ccccc1NCC(C)N(C)C. The first-order valence-electron chi connectivity index (χ1n) is 6.87. The smallest absolute Gasteiger partial charge is 0.242 e. The number of nitrogens with one attached hydrogen (secondary N) is 2. The number of para-hydroxylation sites is 1. The van der Waals surface area contributed by atoms with Gasteiger partial charge in [0.1, 0.15) is 4.90 Å². The Morgan fingerprint density at radius 3 is 2.50 bits per heavy atom. The minimum absolute atomic E-state index is 0.305. The third kappa shape index (κ3) is 4.77. The van der Waals surface area contributed by atoms with Crippen LogP contribution in [0.1, 0.15) is 20.3 Å². The summed E-state index contributed by atoms with van der Waals surface area (Å²) in [4.78, 5) is 2.39. The van der Waals surface area contributed by atoms with E-state index >= 15 is 0 Å². The Hall–Kier alpha value is -1.11. The van der Waals surface area contributed by atoms with Crippen molar-refractivity contribution in [3.63, 3.8) is 0 Å². The topological polar surface area (TPSA) is 61.4 Å². The Morgan fingerprint density at radius 1 is 1.25 bits per heavy atom. The van der Waals surface area contributed by atoms with Crippen molar-refractivity contribution in [2.24, 2.45) is 0 Å². The van der Waals surface area contributed by atoms with Crippen molar-refractivity contribution >= 4 is 15.7 Å². The van der Waals surface area contributed by atoms with Crippen LogP contribution in [-0.4, -0.2) is 46.5 Å². The number of sulfonamides is 1. The summed E-state index contributed by atoms with van der Waals surface area (Å²) in [5, 5.41) is 3.22. The molecule has 1 atom stereocenters. The molecule has 0 saturated heterocycles. The third-order valence-corrected chi connectivity index (χ3v) is 4.71. The summed E-state index contributed by atoms with van der Waals surface area (Å²) < 4.78 is 27.1. The summed E-state index contributed by atoms with van der Waals surface area (Å²) in [6.07, 6.45) is 0.770. The van der Waals surface area contributed by atoms with Gasteiger partial charge in [0.05, 0.1) is 5.69 Å². The second-order valence-corrected chi connectivity index (χ2v) is 6.82. The first-order valence-corrected chi connectivity index (χ1v) is 8.35. The molecule has 5 nitrogen and oxygen atoms in total. The Balaban J connectivity index is 2.88.